The van der Waals surface area contributed by atoms with E-state index in [-0.39, 0.29) is 17.7 Å². The first-order valence-corrected chi connectivity index (χ1v) is 8.07. The van der Waals surface area contributed by atoms with Gasteiger partial charge in [0.2, 0.25) is 0 Å². The molecule has 0 saturated carbocycles. The minimum absolute atomic E-state index is 0.0633. The van der Waals surface area contributed by atoms with E-state index in [9.17, 15) is 13.6 Å². The van der Waals surface area contributed by atoms with Gasteiger partial charge < -0.3 is 15.4 Å². The maximum Gasteiger partial charge on any atom is 0.318 e. The van der Waals surface area contributed by atoms with Gasteiger partial charge in [-0.3, -0.25) is 0 Å². The molecule has 2 aromatic carbocycles. The van der Waals surface area contributed by atoms with Crippen LogP contribution in [-0.2, 0) is 13.0 Å². The molecule has 6 heteroatoms. The Kier molecular flexibility index (Phi) is 6.33. The molecule has 0 aliphatic carbocycles. The maximum absolute atomic E-state index is 13.3. The minimum Gasteiger partial charge on any atom is -0.489 e. The van der Waals surface area contributed by atoms with E-state index in [4.69, 9.17) is 4.74 Å². The Labute approximate surface area is 146 Å². The van der Waals surface area contributed by atoms with Crippen molar-refractivity contribution in [3.8, 4) is 5.75 Å². The van der Waals surface area contributed by atoms with Gasteiger partial charge in [0.15, 0.2) is 0 Å². The fourth-order valence-corrected chi connectivity index (χ4v) is 2.52. The summed E-state index contributed by atoms with van der Waals surface area (Å²) in [6, 6.07) is 9.72. The van der Waals surface area contributed by atoms with Crippen LogP contribution in [0.25, 0.3) is 0 Å². The van der Waals surface area contributed by atoms with Gasteiger partial charge in [-0.2, -0.15) is 0 Å². The van der Waals surface area contributed by atoms with E-state index in [1.54, 1.807) is 6.07 Å². The lowest BCUT2D eigenvalue weighted by atomic mass is 10.1. The van der Waals surface area contributed by atoms with Crippen molar-refractivity contribution in [1.82, 2.24) is 5.32 Å². The molecule has 2 N–H and O–H groups in total. The predicted molar refractivity (Wildman–Crippen MR) is 94.4 cm³/mol. The van der Waals surface area contributed by atoms with Gasteiger partial charge in [0.05, 0.1) is 0 Å². The summed E-state index contributed by atoms with van der Waals surface area (Å²) in [5.74, 6) is 0.632. The van der Waals surface area contributed by atoms with Crippen molar-refractivity contribution in [3.63, 3.8) is 0 Å². The van der Waals surface area contributed by atoms with Crippen LogP contribution in [-0.4, -0.2) is 13.1 Å². The third-order valence-electron chi connectivity index (χ3n) is 3.94. The molecule has 0 aliphatic heterocycles. The molecule has 0 unspecified atom stereocenters. The van der Waals surface area contributed by atoms with Crippen LogP contribution in [0.4, 0.5) is 19.3 Å². The van der Waals surface area contributed by atoms with E-state index in [1.165, 1.54) is 24.7 Å². The Hall–Kier alpha value is -2.63. The molecule has 0 spiro atoms. The summed E-state index contributed by atoms with van der Waals surface area (Å²) >= 11 is 0. The highest BCUT2D eigenvalue weighted by Gasteiger charge is 2.18. The van der Waals surface area contributed by atoms with Gasteiger partial charge in [-0.25, -0.2) is 13.6 Å². The zero-order valence-electron chi connectivity index (χ0n) is 14.5. The molecule has 4 nitrogen and oxygen atoms in total. The summed E-state index contributed by atoms with van der Waals surface area (Å²) in [6.07, 6.45) is -1.75. The second-order valence-electron chi connectivity index (χ2n) is 5.62. The molecule has 134 valence electrons. The first-order chi connectivity index (χ1) is 12.0. The van der Waals surface area contributed by atoms with E-state index in [0.29, 0.717) is 11.4 Å². The molecule has 0 radical (unpaired) electrons. The molecular weight excluding hydrogens is 326 g/mol. The number of benzene rings is 2. The van der Waals surface area contributed by atoms with E-state index in [2.05, 4.69) is 17.6 Å². The van der Waals surface area contributed by atoms with E-state index < -0.39 is 12.5 Å². The normalized spacial score (nSPS) is 10.6. The third kappa shape index (κ3) is 4.68. The van der Waals surface area contributed by atoms with Crippen LogP contribution < -0.4 is 15.4 Å². The summed E-state index contributed by atoms with van der Waals surface area (Å²) in [7, 11) is 1.46. The zero-order chi connectivity index (χ0) is 18.4. The van der Waals surface area contributed by atoms with Crippen molar-refractivity contribution in [2.75, 3.05) is 12.4 Å². The molecule has 0 heterocycles. The third-order valence-corrected chi connectivity index (χ3v) is 3.94. The average Bonchev–Trinajstić information content (AvgIpc) is 2.60. The molecule has 0 bridgehead atoms. The number of alkyl halides is 2. The molecule has 0 saturated heterocycles. The first kappa shape index (κ1) is 18.7. The van der Waals surface area contributed by atoms with Gasteiger partial charge in [0.1, 0.15) is 12.4 Å². The fourth-order valence-electron chi connectivity index (χ4n) is 2.52. The van der Waals surface area contributed by atoms with Gasteiger partial charge >= 0.3 is 6.03 Å². The SMILES string of the molecule is CCc1ccc(OCc2c(NC(=O)NC)cccc2C(F)F)c(C)c1. The second-order valence-corrected chi connectivity index (χ2v) is 5.62. The molecule has 2 aromatic rings. The molecule has 0 atom stereocenters. The minimum atomic E-state index is -2.66. The van der Waals surface area contributed by atoms with Crippen molar-refractivity contribution < 1.29 is 18.3 Å². The monoisotopic (exact) mass is 348 g/mol. The Morgan fingerprint density at radius 1 is 1.24 bits per heavy atom. The number of carbonyl (C=O) groups is 1. The lowest BCUT2D eigenvalue weighted by Crippen LogP contribution is -2.25. The number of halogens is 2. The van der Waals surface area contributed by atoms with Crippen molar-refractivity contribution >= 4 is 11.7 Å². The lowest BCUT2D eigenvalue weighted by molar-refractivity contribution is 0.148. The van der Waals surface area contributed by atoms with Crippen molar-refractivity contribution in [1.29, 1.82) is 0 Å². The van der Waals surface area contributed by atoms with Crippen LogP contribution in [0.15, 0.2) is 36.4 Å². The van der Waals surface area contributed by atoms with Crippen LogP contribution in [0.3, 0.4) is 0 Å². The number of ether oxygens (including phenoxy) is 1. The highest BCUT2D eigenvalue weighted by atomic mass is 19.3. The molecule has 2 rings (SSSR count). The molecular formula is C19H22F2N2O2. The number of rotatable bonds is 6. The van der Waals surface area contributed by atoms with E-state index >= 15 is 0 Å². The summed E-state index contributed by atoms with van der Waals surface area (Å²) in [4.78, 5) is 11.6. The lowest BCUT2D eigenvalue weighted by Gasteiger charge is -2.17. The van der Waals surface area contributed by atoms with Crippen LogP contribution in [0.5, 0.6) is 5.75 Å². The Bertz CT molecular complexity index is 748. The number of urea groups is 1. The van der Waals surface area contributed by atoms with Gasteiger partial charge in [0, 0.05) is 23.9 Å². The zero-order valence-corrected chi connectivity index (χ0v) is 14.5. The van der Waals surface area contributed by atoms with Crippen LogP contribution in [0.2, 0.25) is 0 Å². The van der Waals surface area contributed by atoms with Crippen molar-refractivity contribution in [3.05, 3.63) is 58.7 Å². The number of anilines is 1. The standard InChI is InChI=1S/C19H22F2N2O2/c1-4-13-8-9-17(12(2)10-13)25-11-15-14(18(20)21)6-5-7-16(15)23-19(24)22-3/h5-10,18H,4,11H2,1-3H3,(H2,22,23,24). The van der Waals surface area contributed by atoms with Crippen LogP contribution >= 0.6 is 0 Å². The smallest absolute Gasteiger partial charge is 0.318 e. The second kappa shape index (κ2) is 8.46. The number of nitrogens with one attached hydrogen (secondary N) is 2. The largest absolute Gasteiger partial charge is 0.489 e. The van der Waals surface area contributed by atoms with Crippen LogP contribution in [0.1, 0.15) is 35.6 Å². The average molecular weight is 348 g/mol. The van der Waals surface area contributed by atoms with Gasteiger partial charge in [0.25, 0.3) is 6.43 Å². The number of aryl methyl sites for hydroxylation is 2. The summed E-state index contributed by atoms with van der Waals surface area (Å²) in [5, 5.41) is 4.97. The molecule has 0 fully saturated rings. The number of amides is 2. The Morgan fingerprint density at radius 2 is 2.00 bits per heavy atom. The predicted octanol–water partition coefficient (Wildman–Crippen LogP) is 4.83. The molecule has 25 heavy (non-hydrogen) atoms. The molecule has 0 aliphatic rings. The Morgan fingerprint density at radius 3 is 2.60 bits per heavy atom. The van der Waals surface area contributed by atoms with Crippen molar-refractivity contribution in [2.45, 2.75) is 33.3 Å². The molecule has 0 aromatic heterocycles. The number of hydrogen-bond acceptors (Lipinski definition) is 2. The van der Waals surface area contributed by atoms with Crippen LogP contribution in [0, 0.1) is 6.92 Å². The highest BCUT2D eigenvalue weighted by Crippen LogP contribution is 2.30. The fraction of sp³-hybridized carbons (Fsp3) is 0.316. The van der Waals surface area contributed by atoms with Gasteiger partial charge in [-0.1, -0.05) is 31.2 Å². The molecule has 2 amide bonds. The maximum atomic E-state index is 13.3. The van der Waals surface area contributed by atoms with E-state index in [0.717, 1.165) is 12.0 Å². The highest BCUT2D eigenvalue weighted by molar-refractivity contribution is 5.90. The summed E-state index contributed by atoms with van der Waals surface area (Å²) < 4.78 is 32.5. The number of carbonyl (C=O) groups excluding carboxylic acids is 1. The topological polar surface area (TPSA) is 50.4 Å². The van der Waals surface area contributed by atoms with Crippen molar-refractivity contribution in [2.24, 2.45) is 0 Å². The summed E-state index contributed by atoms with van der Waals surface area (Å²) in [6.45, 7) is 3.91. The van der Waals surface area contributed by atoms with Gasteiger partial charge in [-0.05, 0) is 36.6 Å². The van der Waals surface area contributed by atoms with Gasteiger partial charge in [-0.15, -0.1) is 0 Å². The summed E-state index contributed by atoms with van der Waals surface area (Å²) in [5.41, 5.74) is 2.53. The van der Waals surface area contributed by atoms with E-state index in [1.807, 2.05) is 25.1 Å². The Balaban J connectivity index is 2.29. The quantitative estimate of drug-likeness (QED) is 0.786. The number of hydrogen-bond donors (Lipinski definition) is 2. The first-order valence-electron chi connectivity index (χ1n) is 8.07.